The lowest BCUT2D eigenvalue weighted by molar-refractivity contribution is -0.138. The van der Waals surface area contributed by atoms with Gasteiger partial charge >= 0.3 is 17.9 Å². The highest BCUT2D eigenvalue weighted by Crippen LogP contribution is 1.89. The summed E-state index contributed by atoms with van der Waals surface area (Å²) in [6.45, 7) is 6.80. The van der Waals surface area contributed by atoms with Gasteiger partial charge in [-0.1, -0.05) is 19.9 Å². The first-order valence-electron chi connectivity index (χ1n) is 5.29. The summed E-state index contributed by atoms with van der Waals surface area (Å²) in [5.41, 5.74) is 0. The number of unbranched alkanes of at least 4 members (excludes halogenated alkanes) is 1. The standard InChI is InChI=1S/C8H12O4.C4H6O2/c1-2-3-6-12-8(11)5-4-7(9)10;1-3-6-4(2)5/h4-5H,2-3,6H2,1H3,(H,9,10);3H,1H2,2H3. The van der Waals surface area contributed by atoms with Gasteiger partial charge < -0.3 is 14.6 Å². The van der Waals surface area contributed by atoms with Crippen LogP contribution in [0, 0.1) is 0 Å². The molecule has 1 N–H and O–H groups in total. The van der Waals surface area contributed by atoms with Crippen LogP contribution in [0.4, 0.5) is 0 Å². The molecule has 0 bridgehead atoms. The van der Waals surface area contributed by atoms with Gasteiger partial charge in [-0.25, -0.2) is 9.59 Å². The second-order valence-corrected chi connectivity index (χ2v) is 2.97. The average molecular weight is 258 g/mol. The minimum atomic E-state index is -1.15. The first kappa shape index (κ1) is 18.3. The van der Waals surface area contributed by atoms with Gasteiger partial charge in [-0.3, -0.25) is 4.79 Å². The van der Waals surface area contributed by atoms with E-state index < -0.39 is 11.9 Å². The quantitative estimate of drug-likeness (QED) is 0.337. The molecule has 102 valence electrons. The molecule has 0 aliphatic heterocycles. The zero-order valence-corrected chi connectivity index (χ0v) is 10.5. The minimum Gasteiger partial charge on any atom is -0.478 e. The van der Waals surface area contributed by atoms with Crippen LogP contribution in [0.1, 0.15) is 26.7 Å². The normalized spacial score (nSPS) is 9.00. The van der Waals surface area contributed by atoms with Gasteiger partial charge in [-0.05, 0) is 6.42 Å². The first-order chi connectivity index (χ1) is 8.43. The van der Waals surface area contributed by atoms with E-state index >= 15 is 0 Å². The van der Waals surface area contributed by atoms with Crippen molar-refractivity contribution in [2.24, 2.45) is 0 Å². The van der Waals surface area contributed by atoms with E-state index in [-0.39, 0.29) is 5.97 Å². The number of hydrogen-bond donors (Lipinski definition) is 1. The second kappa shape index (κ2) is 13.0. The Bertz CT molecular complexity index is 306. The van der Waals surface area contributed by atoms with Gasteiger partial charge in [0.2, 0.25) is 0 Å². The van der Waals surface area contributed by atoms with Crippen molar-refractivity contribution in [3.63, 3.8) is 0 Å². The first-order valence-corrected chi connectivity index (χ1v) is 5.29. The molecular formula is C12H18O6. The molecule has 0 spiro atoms. The number of carboxylic acids is 1. The number of rotatable bonds is 6. The van der Waals surface area contributed by atoms with Crippen LogP contribution in [0.5, 0.6) is 0 Å². The Morgan fingerprint density at radius 2 is 1.89 bits per heavy atom. The Labute approximate surface area is 106 Å². The van der Waals surface area contributed by atoms with Gasteiger partial charge in [0.25, 0.3) is 0 Å². The molecule has 0 aromatic rings. The monoisotopic (exact) mass is 258 g/mol. The van der Waals surface area contributed by atoms with E-state index in [1.54, 1.807) is 0 Å². The number of aliphatic carboxylic acids is 1. The third-order valence-corrected chi connectivity index (χ3v) is 1.35. The Morgan fingerprint density at radius 3 is 2.22 bits per heavy atom. The fourth-order valence-corrected chi connectivity index (χ4v) is 0.622. The summed E-state index contributed by atoms with van der Waals surface area (Å²) >= 11 is 0. The van der Waals surface area contributed by atoms with Gasteiger partial charge in [0, 0.05) is 19.1 Å². The number of carbonyl (C=O) groups excluding carboxylic acids is 2. The highest BCUT2D eigenvalue weighted by atomic mass is 16.5. The summed E-state index contributed by atoms with van der Waals surface area (Å²) in [7, 11) is 0. The SMILES string of the molecule is C=COC(C)=O.CCCCOC(=O)C=CC(=O)O. The summed E-state index contributed by atoms with van der Waals surface area (Å²) in [4.78, 5) is 30.3. The summed E-state index contributed by atoms with van der Waals surface area (Å²) in [6.07, 6.45) is 4.50. The van der Waals surface area contributed by atoms with Gasteiger partial charge in [0.05, 0.1) is 12.9 Å². The molecule has 0 saturated heterocycles. The Morgan fingerprint density at radius 1 is 1.28 bits per heavy atom. The second-order valence-electron chi connectivity index (χ2n) is 2.97. The molecule has 0 aromatic carbocycles. The summed E-state index contributed by atoms with van der Waals surface area (Å²) < 4.78 is 8.81. The zero-order chi connectivity index (χ0) is 14.4. The van der Waals surface area contributed by atoms with Crippen molar-refractivity contribution in [2.45, 2.75) is 26.7 Å². The van der Waals surface area contributed by atoms with Crippen molar-refractivity contribution in [3.8, 4) is 0 Å². The smallest absolute Gasteiger partial charge is 0.331 e. The highest BCUT2D eigenvalue weighted by Gasteiger charge is 1.96. The third-order valence-electron chi connectivity index (χ3n) is 1.35. The summed E-state index contributed by atoms with van der Waals surface area (Å²) in [6, 6.07) is 0. The molecule has 0 aromatic heterocycles. The van der Waals surface area contributed by atoms with Crippen LogP contribution in [0.15, 0.2) is 25.0 Å². The zero-order valence-electron chi connectivity index (χ0n) is 10.5. The van der Waals surface area contributed by atoms with E-state index in [2.05, 4.69) is 16.1 Å². The van der Waals surface area contributed by atoms with Crippen molar-refractivity contribution >= 4 is 17.9 Å². The minimum absolute atomic E-state index is 0.329. The molecule has 18 heavy (non-hydrogen) atoms. The van der Waals surface area contributed by atoms with E-state index in [4.69, 9.17) is 5.11 Å². The lowest BCUT2D eigenvalue weighted by atomic mass is 10.4. The topological polar surface area (TPSA) is 89.9 Å². The maximum absolute atomic E-state index is 10.6. The van der Waals surface area contributed by atoms with Crippen LogP contribution >= 0.6 is 0 Å². The van der Waals surface area contributed by atoms with Gasteiger partial charge in [0.15, 0.2) is 0 Å². The van der Waals surface area contributed by atoms with E-state index in [0.29, 0.717) is 6.61 Å². The molecule has 6 heteroatoms. The van der Waals surface area contributed by atoms with Crippen LogP contribution < -0.4 is 0 Å². The predicted molar refractivity (Wildman–Crippen MR) is 64.6 cm³/mol. The van der Waals surface area contributed by atoms with Crippen molar-refractivity contribution in [1.29, 1.82) is 0 Å². The number of esters is 2. The molecule has 0 unspecified atom stereocenters. The molecular weight excluding hydrogens is 240 g/mol. The largest absolute Gasteiger partial charge is 0.478 e. The van der Waals surface area contributed by atoms with Crippen LogP contribution in [-0.4, -0.2) is 29.6 Å². The number of ether oxygens (including phenoxy) is 2. The van der Waals surface area contributed by atoms with Gasteiger partial charge in [-0.2, -0.15) is 0 Å². The summed E-state index contributed by atoms with van der Waals surface area (Å²) in [5, 5.41) is 8.14. The molecule has 0 rings (SSSR count). The molecule has 0 heterocycles. The van der Waals surface area contributed by atoms with Crippen molar-refractivity contribution in [3.05, 3.63) is 25.0 Å². The number of hydrogen-bond acceptors (Lipinski definition) is 5. The number of carbonyl (C=O) groups is 3. The maximum atomic E-state index is 10.6. The number of carboxylic acid groups (broad SMARTS) is 1. The highest BCUT2D eigenvalue weighted by molar-refractivity contribution is 5.90. The Kier molecular flexibility index (Phi) is 13.1. The molecule has 0 radical (unpaired) electrons. The van der Waals surface area contributed by atoms with Crippen LogP contribution in [0.3, 0.4) is 0 Å². The summed E-state index contributed by atoms with van der Waals surface area (Å²) in [5.74, 6) is -2.08. The van der Waals surface area contributed by atoms with Crippen molar-refractivity contribution in [2.75, 3.05) is 6.61 Å². The molecule has 0 amide bonds. The van der Waals surface area contributed by atoms with Crippen LogP contribution in [0.25, 0.3) is 0 Å². The predicted octanol–water partition coefficient (Wildman–Crippen LogP) is 1.66. The molecule has 0 saturated carbocycles. The lowest BCUT2D eigenvalue weighted by Gasteiger charge is -1.97. The third kappa shape index (κ3) is 19.5. The van der Waals surface area contributed by atoms with Crippen LogP contribution in [-0.2, 0) is 23.9 Å². The molecule has 0 aliphatic rings. The molecule has 0 fully saturated rings. The fourth-order valence-electron chi connectivity index (χ4n) is 0.622. The van der Waals surface area contributed by atoms with Gasteiger partial charge in [-0.15, -0.1) is 0 Å². The van der Waals surface area contributed by atoms with E-state index in [1.807, 2.05) is 6.92 Å². The average Bonchev–Trinajstić information content (AvgIpc) is 2.27. The van der Waals surface area contributed by atoms with E-state index in [9.17, 15) is 14.4 Å². The van der Waals surface area contributed by atoms with Crippen molar-refractivity contribution in [1.82, 2.24) is 0 Å². The van der Waals surface area contributed by atoms with Crippen LogP contribution in [0.2, 0.25) is 0 Å². The van der Waals surface area contributed by atoms with Gasteiger partial charge in [0.1, 0.15) is 0 Å². The van der Waals surface area contributed by atoms with E-state index in [0.717, 1.165) is 31.3 Å². The fraction of sp³-hybridized carbons (Fsp3) is 0.417. The molecule has 0 atom stereocenters. The van der Waals surface area contributed by atoms with Crippen molar-refractivity contribution < 1.29 is 29.0 Å². The Hall–Kier alpha value is -2.11. The van der Waals surface area contributed by atoms with E-state index in [1.165, 1.54) is 6.92 Å². The lowest BCUT2D eigenvalue weighted by Crippen LogP contribution is -2.02. The molecule has 6 nitrogen and oxygen atoms in total. The maximum Gasteiger partial charge on any atom is 0.331 e. The Balaban J connectivity index is 0. The molecule has 0 aliphatic carbocycles.